The van der Waals surface area contributed by atoms with E-state index >= 15 is 0 Å². The second-order valence-electron chi connectivity index (χ2n) is 5.02. The molecule has 0 aliphatic rings. The molecular weight excluding hydrogens is 324 g/mol. The van der Waals surface area contributed by atoms with Gasteiger partial charge in [0.05, 0.1) is 14.2 Å². The van der Waals surface area contributed by atoms with Gasteiger partial charge in [-0.25, -0.2) is 4.99 Å². The molecule has 0 bridgehead atoms. The number of rotatable bonds is 7. The van der Waals surface area contributed by atoms with Gasteiger partial charge in [0.1, 0.15) is 12.3 Å². The highest BCUT2D eigenvalue weighted by Gasteiger charge is 2.08. The average molecular weight is 346 g/mol. The molecule has 134 valence electrons. The summed E-state index contributed by atoms with van der Waals surface area (Å²) in [6.07, 6.45) is 0. The first-order valence-electron chi connectivity index (χ1n) is 7.73. The summed E-state index contributed by atoms with van der Waals surface area (Å²) >= 11 is 0. The van der Waals surface area contributed by atoms with Crippen LogP contribution >= 0.6 is 0 Å². The standard InChI is InChI=1S/C17H22N4O4/c1-4-19-17(20-10-12-6-8-14(25-12)16(18)22)21-11-5-7-13(23-2)15(9-11)24-3/h5-9H,4,10H2,1-3H3,(H2,18,22)(H2,19,20,21). The fourth-order valence-electron chi connectivity index (χ4n) is 2.11. The predicted octanol–water partition coefficient (Wildman–Crippen LogP) is 1.97. The van der Waals surface area contributed by atoms with Crippen LogP contribution in [-0.2, 0) is 6.54 Å². The van der Waals surface area contributed by atoms with Gasteiger partial charge in [0.2, 0.25) is 0 Å². The van der Waals surface area contributed by atoms with Gasteiger partial charge in [0.25, 0.3) is 5.91 Å². The highest BCUT2D eigenvalue weighted by molar-refractivity contribution is 5.94. The lowest BCUT2D eigenvalue weighted by atomic mass is 10.3. The van der Waals surface area contributed by atoms with Crippen molar-refractivity contribution < 1.29 is 18.7 Å². The Kier molecular flexibility index (Phi) is 6.27. The van der Waals surface area contributed by atoms with Crippen LogP contribution in [0.15, 0.2) is 39.7 Å². The largest absolute Gasteiger partial charge is 0.493 e. The fourth-order valence-corrected chi connectivity index (χ4v) is 2.11. The van der Waals surface area contributed by atoms with Gasteiger partial charge in [0, 0.05) is 18.3 Å². The molecular formula is C17H22N4O4. The van der Waals surface area contributed by atoms with Crippen molar-refractivity contribution in [1.82, 2.24) is 5.32 Å². The number of hydrogen-bond donors (Lipinski definition) is 3. The molecule has 2 rings (SSSR count). The lowest BCUT2D eigenvalue weighted by Crippen LogP contribution is -2.30. The Labute approximate surface area is 146 Å². The van der Waals surface area contributed by atoms with E-state index in [9.17, 15) is 4.79 Å². The van der Waals surface area contributed by atoms with Crippen molar-refractivity contribution in [1.29, 1.82) is 0 Å². The Bertz CT molecular complexity index is 755. The molecule has 0 aliphatic heterocycles. The first-order chi connectivity index (χ1) is 12.1. The molecule has 0 unspecified atom stereocenters. The minimum Gasteiger partial charge on any atom is -0.493 e. The van der Waals surface area contributed by atoms with Crippen LogP contribution in [0.1, 0.15) is 23.2 Å². The molecule has 8 heteroatoms. The first-order valence-corrected chi connectivity index (χ1v) is 7.73. The number of nitrogens with two attached hydrogens (primary N) is 1. The number of amides is 1. The van der Waals surface area contributed by atoms with Crippen molar-refractivity contribution in [2.45, 2.75) is 13.5 Å². The van der Waals surface area contributed by atoms with E-state index in [1.165, 1.54) is 6.07 Å². The third-order valence-electron chi connectivity index (χ3n) is 3.29. The number of anilines is 1. The maximum atomic E-state index is 11.1. The second-order valence-corrected chi connectivity index (χ2v) is 5.02. The summed E-state index contributed by atoms with van der Waals surface area (Å²) in [6, 6.07) is 8.66. The molecule has 2 aromatic rings. The Hall–Kier alpha value is -3.16. The van der Waals surface area contributed by atoms with Gasteiger partial charge in [-0.2, -0.15) is 0 Å². The highest BCUT2D eigenvalue weighted by atomic mass is 16.5. The van der Waals surface area contributed by atoms with Crippen molar-refractivity contribution in [3.05, 3.63) is 41.9 Å². The summed E-state index contributed by atoms with van der Waals surface area (Å²) in [4.78, 5) is 15.5. The highest BCUT2D eigenvalue weighted by Crippen LogP contribution is 2.29. The number of guanidine groups is 1. The number of hydrogen-bond acceptors (Lipinski definition) is 5. The molecule has 25 heavy (non-hydrogen) atoms. The quantitative estimate of drug-likeness (QED) is 0.522. The maximum Gasteiger partial charge on any atom is 0.284 e. The van der Waals surface area contributed by atoms with E-state index in [0.29, 0.717) is 29.8 Å². The molecule has 0 atom stereocenters. The number of primary amides is 1. The van der Waals surface area contributed by atoms with Gasteiger partial charge >= 0.3 is 0 Å². The van der Waals surface area contributed by atoms with Crippen LogP contribution in [0.4, 0.5) is 5.69 Å². The summed E-state index contributed by atoms with van der Waals surface area (Å²) in [7, 11) is 3.16. The molecule has 4 N–H and O–H groups in total. The molecule has 0 spiro atoms. The molecule has 8 nitrogen and oxygen atoms in total. The zero-order valence-corrected chi connectivity index (χ0v) is 14.5. The summed E-state index contributed by atoms with van der Waals surface area (Å²) in [6.45, 7) is 2.91. The summed E-state index contributed by atoms with van der Waals surface area (Å²) in [5.41, 5.74) is 5.96. The van der Waals surface area contributed by atoms with Crippen molar-refractivity contribution in [3.8, 4) is 11.5 Å². The number of nitrogens with zero attached hydrogens (tertiary/aromatic N) is 1. The van der Waals surface area contributed by atoms with E-state index < -0.39 is 5.91 Å². The summed E-state index contributed by atoms with van der Waals surface area (Å²) < 4.78 is 15.8. The number of carbonyl (C=O) groups is 1. The van der Waals surface area contributed by atoms with Crippen LogP contribution in [0.2, 0.25) is 0 Å². The Morgan fingerprint density at radius 3 is 2.56 bits per heavy atom. The number of ether oxygens (including phenoxy) is 2. The molecule has 1 aromatic heterocycles. The van der Waals surface area contributed by atoms with E-state index in [-0.39, 0.29) is 12.3 Å². The average Bonchev–Trinajstić information content (AvgIpc) is 3.09. The van der Waals surface area contributed by atoms with Crippen molar-refractivity contribution in [3.63, 3.8) is 0 Å². The van der Waals surface area contributed by atoms with Gasteiger partial charge in [-0.1, -0.05) is 0 Å². The fraction of sp³-hybridized carbons (Fsp3) is 0.294. The third kappa shape index (κ3) is 4.90. The van der Waals surface area contributed by atoms with Crippen LogP contribution < -0.4 is 25.8 Å². The lowest BCUT2D eigenvalue weighted by molar-refractivity contribution is 0.0972. The molecule has 1 heterocycles. The van der Waals surface area contributed by atoms with Crippen molar-refractivity contribution in [2.75, 3.05) is 26.1 Å². The summed E-state index contributed by atoms with van der Waals surface area (Å²) in [5, 5.41) is 6.31. The molecule has 1 aromatic carbocycles. The molecule has 0 saturated carbocycles. The smallest absolute Gasteiger partial charge is 0.284 e. The monoisotopic (exact) mass is 346 g/mol. The molecule has 0 radical (unpaired) electrons. The van der Waals surface area contributed by atoms with Crippen LogP contribution in [0.5, 0.6) is 11.5 Å². The number of aliphatic imine (C=N–C) groups is 1. The maximum absolute atomic E-state index is 11.1. The topological polar surface area (TPSA) is 111 Å². The van der Waals surface area contributed by atoms with Gasteiger partial charge in [-0.05, 0) is 31.2 Å². The SMILES string of the molecule is CCNC(=NCc1ccc(C(N)=O)o1)Nc1ccc(OC)c(OC)c1. The second kappa shape index (κ2) is 8.62. The van der Waals surface area contributed by atoms with Gasteiger partial charge in [-0.15, -0.1) is 0 Å². The summed E-state index contributed by atoms with van der Waals surface area (Å²) in [5.74, 6) is 1.86. The van der Waals surface area contributed by atoms with E-state index in [2.05, 4.69) is 15.6 Å². The van der Waals surface area contributed by atoms with Gasteiger partial charge < -0.3 is 30.3 Å². The minimum absolute atomic E-state index is 0.114. The molecule has 1 amide bonds. The molecule has 0 saturated heterocycles. The Morgan fingerprint density at radius 1 is 1.20 bits per heavy atom. The van der Waals surface area contributed by atoms with E-state index in [1.54, 1.807) is 26.4 Å². The number of methoxy groups -OCH3 is 2. The number of benzene rings is 1. The van der Waals surface area contributed by atoms with Crippen molar-refractivity contribution >= 4 is 17.6 Å². The molecule has 0 fully saturated rings. The lowest BCUT2D eigenvalue weighted by Gasteiger charge is -2.13. The van der Waals surface area contributed by atoms with Crippen molar-refractivity contribution in [2.24, 2.45) is 10.7 Å². The zero-order chi connectivity index (χ0) is 18.2. The Morgan fingerprint density at radius 2 is 1.96 bits per heavy atom. The van der Waals surface area contributed by atoms with Crippen LogP contribution in [-0.4, -0.2) is 32.6 Å². The normalized spacial score (nSPS) is 11.1. The van der Waals surface area contributed by atoms with E-state index in [4.69, 9.17) is 19.6 Å². The first kappa shape index (κ1) is 18.2. The van der Waals surface area contributed by atoms with Crippen LogP contribution in [0.3, 0.4) is 0 Å². The van der Waals surface area contributed by atoms with E-state index in [0.717, 1.165) is 5.69 Å². The van der Waals surface area contributed by atoms with E-state index in [1.807, 2.05) is 19.1 Å². The number of nitrogens with one attached hydrogen (secondary N) is 2. The number of carbonyl (C=O) groups excluding carboxylic acids is 1. The Balaban J connectivity index is 2.12. The van der Waals surface area contributed by atoms with Crippen LogP contribution in [0.25, 0.3) is 0 Å². The van der Waals surface area contributed by atoms with Crippen LogP contribution in [0, 0.1) is 0 Å². The number of furan rings is 1. The zero-order valence-electron chi connectivity index (χ0n) is 14.5. The third-order valence-corrected chi connectivity index (χ3v) is 3.29. The minimum atomic E-state index is -0.606. The van der Waals surface area contributed by atoms with Gasteiger partial charge in [0.15, 0.2) is 23.2 Å². The molecule has 0 aliphatic carbocycles. The predicted molar refractivity (Wildman–Crippen MR) is 95.2 cm³/mol. The van der Waals surface area contributed by atoms with Gasteiger partial charge in [-0.3, -0.25) is 4.79 Å².